The number of nitrogens with one attached hydrogen (secondary N) is 3. The van der Waals surface area contributed by atoms with Gasteiger partial charge in [-0.05, 0) is 37.3 Å². The molecule has 2 rings (SSSR count). The second-order valence-electron chi connectivity index (χ2n) is 5.88. The fourth-order valence-corrected chi connectivity index (χ4v) is 2.79. The third kappa shape index (κ3) is 6.43. The lowest BCUT2D eigenvalue weighted by atomic mass is 10.3. The third-order valence-electron chi connectivity index (χ3n) is 3.91. The molecule has 1 unspecified atom stereocenters. The predicted molar refractivity (Wildman–Crippen MR) is 108 cm³/mol. The van der Waals surface area contributed by atoms with Gasteiger partial charge >= 0.3 is 0 Å². The number of rotatable bonds is 8. The van der Waals surface area contributed by atoms with Crippen LogP contribution < -0.4 is 20.3 Å². The zero-order chi connectivity index (χ0) is 19.8. The summed E-state index contributed by atoms with van der Waals surface area (Å²) >= 11 is 11.8. The van der Waals surface area contributed by atoms with Crippen molar-refractivity contribution in [3.05, 3.63) is 52.5 Å². The summed E-state index contributed by atoms with van der Waals surface area (Å²) in [6.07, 6.45) is 0. The number of anilines is 2. The van der Waals surface area contributed by atoms with Gasteiger partial charge in [0.25, 0.3) is 11.8 Å². The van der Waals surface area contributed by atoms with E-state index in [9.17, 15) is 9.59 Å². The Labute approximate surface area is 168 Å². The van der Waals surface area contributed by atoms with Gasteiger partial charge in [0.15, 0.2) is 13.1 Å². The maximum atomic E-state index is 12.3. The molecule has 0 saturated heterocycles. The number of likely N-dealkylation sites (N-methyl/N-ethyl adjacent to an activating group) is 1. The van der Waals surface area contributed by atoms with E-state index in [0.717, 1.165) is 4.90 Å². The summed E-state index contributed by atoms with van der Waals surface area (Å²) in [6, 6.07) is 12.0. The van der Waals surface area contributed by atoms with Crippen molar-refractivity contribution >= 4 is 46.4 Å². The first kappa shape index (κ1) is 21.0. The highest BCUT2D eigenvalue weighted by atomic mass is 35.5. The van der Waals surface area contributed by atoms with Crippen LogP contribution in [0.25, 0.3) is 0 Å². The van der Waals surface area contributed by atoms with Crippen molar-refractivity contribution in [1.82, 2.24) is 0 Å². The lowest BCUT2D eigenvalue weighted by Gasteiger charge is -2.17. The summed E-state index contributed by atoms with van der Waals surface area (Å²) in [6.45, 7) is 2.84. The Morgan fingerprint density at radius 3 is 2.30 bits per heavy atom. The minimum Gasteiger partial charge on any atom is -0.495 e. The number of halogens is 2. The van der Waals surface area contributed by atoms with Gasteiger partial charge in [-0.2, -0.15) is 0 Å². The minimum absolute atomic E-state index is 0.149. The van der Waals surface area contributed by atoms with Crippen molar-refractivity contribution in [3.8, 4) is 5.75 Å². The SMILES string of the molecule is CC[NH+](CC(=O)Nc1ccc(Cl)c(Cl)c1)CC(=O)Nc1ccccc1OC. The van der Waals surface area contributed by atoms with Gasteiger partial charge in [-0.3, -0.25) is 9.59 Å². The van der Waals surface area contributed by atoms with E-state index in [1.165, 1.54) is 0 Å². The first-order valence-corrected chi connectivity index (χ1v) is 9.19. The highest BCUT2D eigenvalue weighted by molar-refractivity contribution is 6.42. The number of quaternary nitrogens is 1. The van der Waals surface area contributed by atoms with E-state index in [1.54, 1.807) is 37.4 Å². The smallest absolute Gasteiger partial charge is 0.279 e. The monoisotopic (exact) mass is 410 g/mol. The molecule has 27 heavy (non-hydrogen) atoms. The maximum absolute atomic E-state index is 12.3. The van der Waals surface area contributed by atoms with Crippen LogP contribution in [0.4, 0.5) is 11.4 Å². The Morgan fingerprint density at radius 1 is 1.00 bits per heavy atom. The second kappa shape index (κ2) is 10.2. The number of carbonyl (C=O) groups excluding carboxylic acids is 2. The second-order valence-corrected chi connectivity index (χ2v) is 6.70. The molecule has 0 aliphatic carbocycles. The number of hydrogen-bond donors (Lipinski definition) is 3. The van der Waals surface area contributed by atoms with Crippen LogP contribution in [0.3, 0.4) is 0 Å². The molecule has 8 heteroatoms. The molecule has 0 radical (unpaired) electrons. The van der Waals surface area contributed by atoms with Gasteiger partial charge < -0.3 is 20.3 Å². The van der Waals surface area contributed by atoms with E-state index in [1.807, 2.05) is 19.1 Å². The van der Waals surface area contributed by atoms with Crippen molar-refractivity contribution in [1.29, 1.82) is 0 Å². The van der Waals surface area contributed by atoms with Gasteiger partial charge in [0.1, 0.15) is 5.75 Å². The van der Waals surface area contributed by atoms with Gasteiger partial charge in [0, 0.05) is 5.69 Å². The summed E-state index contributed by atoms with van der Waals surface area (Å²) in [5.74, 6) is 0.176. The molecule has 6 nitrogen and oxygen atoms in total. The average Bonchev–Trinajstić information content (AvgIpc) is 2.64. The van der Waals surface area contributed by atoms with Crippen molar-refractivity contribution in [2.75, 3.05) is 37.4 Å². The van der Waals surface area contributed by atoms with Crippen LogP contribution in [0.1, 0.15) is 6.92 Å². The van der Waals surface area contributed by atoms with Crippen molar-refractivity contribution in [2.45, 2.75) is 6.92 Å². The molecule has 0 aliphatic rings. The number of hydrogen-bond acceptors (Lipinski definition) is 3. The van der Waals surface area contributed by atoms with E-state index in [-0.39, 0.29) is 24.9 Å². The van der Waals surface area contributed by atoms with E-state index < -0.39 is 0 Å². The zero-order valence-corrected chi connectivity index (χ0v) is 16.7. The normalized spacial score (nSPS) is 11.6. The van der Waals surface area contributed by atoms with Gasteiger partial charge in [-0.25, -0.2) is 0 Å². The van der Waals surface area contributed by atoms with E-state index in [0.29, 0.717) is 33.7 Å². The molecule has 2 aromatic carbocycles. The van der Waals surface area contributed by atoms with Crippen molar-refractivity contribution in [3.63, 3.8) is 0 Å². The number of ether oxygens (including phenoxy) is 1. The quantitative estimate of drug-likeness (QED) is 0.625. The van der Waals surface area contributed by atoms with Crippen LogP contribution in [0.2, 0.25) is 10.0 Å². The van der Waals surface area contributed by atoms with E-state index in [2.05, 4.69) is 10.6 Å². The number of methoxy groups -OCH3 is 1. The molecular formula is C19H22Cl2N3O3+. The number of benzene rings is 2. The highest BCUT2D eigenvalue weighted by Crippen LogP contribution is 2.25. The molecule has 3 N–H and O–H groups in total. The van der Waals surface area contributed by atoms with Gasteiger partial charge in [-0.15, -0.1) is 0 Å². The Kier molecular flexibility index (Phi) is 7.91. The fraction of sp³-hybridized carbons (Fsp3) is 0.263. The summed E-state index contributed by atoms with van der Waals surface area (Å²) in [4.78, 5) is 25.4. The molecule has 2 amide bonds. The minimum atomic E-state index is -0.213. The van der Waals surface area contributed by atoms with E-state index >= 15 is 0 Å². The average molecular weight is 411 g/mol. The molecule has 0 spiro atoms. The molecule has 1 atom stereocenters. The third-order valence-corrected chi connectivity index (χ3v) is 4.64. The summed E-state index contributed by atoms with van der Waals surface area (Å²) in [5.41, 5.74) is 1.16. The van der Waals surface area contributed by atoms with Crippen LogP contribution >= 0.6 is 23.2 Å². The standard InChI is InChI=1S/C19H21Cl2N3O3/c1-3-24(11-18(25)22-13-8-9-14(20)15(21)10-13)12-19(26)23-16-6-4-5-7-17(16)27-2/h4-10H,3,11-12H2,1-2H3,(H,22,25)(H,23,26)/p+1. The number of para-hydroxylation sites is 2. The van der Waals surface area contributed by atoms with Gasteiger partial charge in [0.2, 0.25) is 0 Å². The molecule has 2 aromatic rings. The van der Waals surface area contributed by atoms with Gasteiger partial charge in [-0.1, -0.05) is 35.3 Å². The van der Waals surface area contributed by atoms with Crippen LogP contribution in [-0.2, 0) is 9.59 Å². The van der Waals surface area contributed by atoms with Crippen LogP contribution in [0, 0.1) is 0 Å². The largest absolute Gasteiger partial charge is 0.495 e. The van der Waals surface area contributed by atoms with Gasteiger partial charge in [0.05, 0.1) is 29.4 Å². The topological polar surface area (TPSA) is 71.9 Å². The number of amides is 2. The molecule has 0 saturated carbocycles. The molecule has 0 aromatic heterocycles. The number of carbonyl (C=O) groups is 2. The zero-order valence-electron chi connectivity index (χ0n) is 15.1. The maximum Gasteiger partial charge on any atom is 0.279 e. The molecule has 0 fully saturated rings. The summed E-state index contributed by atoms with van der Waals surface area (Å²) in [7, 11) is 1.54. The van der Waals surface area contributed by atoms with Crippen LogP contribution in [-0.4, -0.2) is 38.6 Å². The van der Waals surface area contributed by atoms with E-state index in [4.69, 9.17) is 27.9 Å². The Balaban J connectivity index is 1.91. The molecule has 0 heterocycles. The summed E-state index contributed by atoms with van der Waals surface area (Å²) < 4.78 is 5.22. The fourth-order valence-electron chi connectivity index (χ4n) is 2.49. The summed E-state index contributed by atoms with van der Waals surface area (Å²) in [5, 5.41) is 6.36. The Hall–Kier alpha value is -2.28. The Morgan fingerprint density at radius 2 is 1.67 bits per heavy atom. The van der Waals surface area contributed by atoms with Crippen molar-refractivity contribution < 1.29 is 19.2 Å². The highest BCUT2D eigenvalue weighted by Gasteiger charge is 2.18. The van der Waals surface area contributed by atoms with Crippen LogP contribution in [0.5, 0.6) is 5.75 Å². The first-order chi connectivity index (χ1) is 12.9. The molecule has 144 valence electrons. The van der Waals surface area contributed by atoms with Crippen molar-refractivity contribution in [2.24, 2.45) is 0 Å². The lowest BCUT2D eigenvalue weighted by molar-refractivity contribution is -0.881. The molecule has 0 aliphatic heterocycles. The lowest BCUT2D eigenvalue weighted by Crippen LogP contribution is -3.13. The first-order valence-electron chi connectivity index (χ1n) is 8.44. The van der Waals surface area contributed by atoms with Crippen LogP contribution in [0.15, 0.2) is 42.5 Å². The molecular weight excluding hydrogens is 389 g/mol. The Bertz CT molecular complexity index is 815. The predicted octanol–water partition coefficient (Wildman–Crippen LogP) is 2.48. The molecule has 0 bridgehead atoms.